The number of rotatable bonds is 3. The van der Waals surface area contributed by atoms with E-state index in [2.05, 4.69) is 37.9 Å². The molecule has 1 N–H and O–H groups in total. The highest BCUT2D eigenvalue weighted by Gasteiger charge is 2.27. The van der Waals surface area contributed by atoms with Gasteiger partial charge in [0, 0.05) is 30.7 Å². The van der Waals surface area contributed by atoms with Crippen LogP contribution >= 0.6 is 11.6 Å². The van der Waals surface area contributed by atoms with E-state index in [4.69, 9.17) is 11.6 Å². The van der Waals surface area contributed by atoms with Gasteiger partial charge in [-0.2, -0.15) is 0 Å². The average molecular weight is 313 g/mol. The number of nitrogens with zero attached hydrogens (tertiary/aromatic N) is 1. The summed E-state index contributed by atoms with van der Waals surface area (Å²) < 4.78 is 13.2. The van der Waals surface area contributed by atoms with Gasteiger partial charge >= 0.3 is 0 Å². The van der Waals surface area contributed by atoms with Crippen molar-refractivity contribution < 1.29 is 4.39 Å². The van der Waals surface area contributed by atoms with Crippen LogP contribution in [0.3, 0.4) is 0 Å². The van der Waals surface area contributed by atoms with Gasteiger partial charge in [0.25, 0.3) is 0 Å². The van der Waals surface area contributed by atoms with Crippen LogP contribution in [0.4, 0.5) is 4.39 Å². The first-order valence-corrected chi connectivity index (χ1v) is 8.11. The fraction of sp³-hybridized carbons (Fsp3) is 0.647. The second-order valence-corrected chi connectivity index (χ2v) is 7.40. The van der Waals surface area contributed by atoms with Crippen molar-refractivity contribution in [2.24, 2.45) is 0 Å². The van der Waals surface area contributed by atoms with E-state index in [0.717, 1.165) is 31.5 Å². The van der Waals surface area contributed by atoms with E-state index < -0.39 is 0 Å². The molecule has 0 aliphatic carbocycles. The Balaban J connectivity index is 1.89. The molecule has 1 saturated heterocycles. The van der Waals surface area contributed by atoms with Gasteiger partial charge in [0.15, 0.2) is 0 Å². The summed E-state index contributed by atoms with van der Waals surface area (Å²) >= 11 is 5.86. The van der Waals surface area contributed by atoms with E-state index in [0.29, 0.717) is 6.04 Å². The maximum Gasteiger partial charge on any atom is 0.141 e. The van der Waals surface area contributed by atoms with Crippen molar-refractivity contribution in [2.75, 3.05) is 13.1 Å². The van der Waals surface area contributed by atoms with Crippen molar-refractivity contribution in [1.82, 2.24) is 10.2 Å². The monoisotopic (exact) mass is 312 g/mol. The molecule has 0 saturated carbocycles. The van der Waals surface area contributed by atoms with Gasteiger partial charge in [-0.05, 0) is 58.2 Å². The van der Waals surface area contributed by atoms with Crippen LogP contribution in [0.15, 0.2) is 18.2 Å². The Bertz CT molecular complexity index is 476. The molecular formula is C17H26ClFN2. The smallest absolute Gasteiger partial charge is 0.141 e. The van der Waals surface area contributed by atoms with Gasteiger partial charge in [0.05, 0.1) is 5.02 Å². The third-order valence-electron chi connectivity index (χ3n) is 4.37. The van der Waals surface area contributed by atoms with E-state index in [9.17, 15) is 4.39 Å². The third kappa shape index (κ3) is 4.41. The topological polar surface area (TPSA) is 15.3 Å². The first kappa shape index (κ1) is 16.7. The zero-order chi connectivity index (χ0) is 15.6. The second kappa shape index (κ2) is 6.64. The van der Waals surface area contributed by atoms with Gasteiger partial charge in [0.2, 0.25) is 0 Å². The second-order valence-electron chi connectivity index (χ2n) is 6.99. The predicted octanol–water partition coefficient (Wildman–Crippen LogP) is 4.39. The Morgan fingerprint density at radius 2 is 1.90 bits per heavy atom. The van der Waals surface area contributed by atoms with Crippen LogP contribution in [0.2, 0.25) is 5.02 Å². The molecule has 1 unspecified atom stereocenters. The van der Waals surface area contributed by atoms with Crippen molar-refractivity contribution >= 4 is 11.6 Å². The molecule has 1 atom stereocenters. The van der Waals surface area contributed by atoms with Crippen LogP contribution in [0.5, 0.6) is 0 Å². The third-order valence-corrected chi connectivity index (χ3v) is 4.66. The first-order chi connectivity index (χ1) is 9.77. The summed E-state index contributed by atoms with van der Waals surface area (Å²) in [5.74, 6) is -0.355. The lowest BCUT2D eigenvalue weighted by Gasteiger charge is -2.41. The lowest BCUT2D eigenvalue weighted by atomic mass is 9.97. The highest BCUT2D eigenvalue weighted by atomic mass is 35.5. The van der Waals surface area contributed by atoms with Gasteiger partial charge in [-0.1, -0.05) is 17.7 Å². The van der Waals surface area contributed by atoms with Gasteiger partial charge in [-0.25, -0.2) is 4.39 Å². The van der Waals surface area contributed by atoms with Crippen molar-refractivity contribution in [2.45, 2.75) is 58.2 Å². The molecular weight excluding hydrogens is 287 g/mol. The molecule has 1 aliphatic heterocycles. The van der Waals surface area contributed by atoms with Gasteiger partial charge in [-0.15, -0.1) is 0 Å². The van der Waals surface area contributed by atoms with Crippen LogP contribution in [0, 0.1) is 5.82 Å². The summed E-state index contributed by atoms with van der Waals surface area (Å²) in [6.07, 6.45) is 2.30. The number of halogens is 2. The summed E-state index contributed by atoms with van der Waals surface area (Å²) in [5, 5.41) is 3.84. The van der Waals surface area contributed by atoms with Crippen LogP contribution in [-0.2, 0) is 0 Å². The normalized spacial score (nSPS) is 19.7. The van der Waals surface area contributed by atoms with Crippen molar-refractivity contribution in [3.05, 3.63) is 34.6 Å². The number of benzene rings is 1. The largest absolute Gasteiger partial charge is 0.307 e. The number of piperidine rings is 1. The molecule has 2 nitrogen and oxygen atoms in total. The fourth-order valence-corrected chi connectivity index (χ4v) is 3.14. The van der Waals surface area contributed by atoms with Gasteiger partial charge in [-0.3, -0.25) is 4.90 Å². The van der Waals surface area contributed by atoms with Gasteiger partial charge < -0.3 is 5.32 Å². The van der Waals surface area contributed by atoms with E-state index in [1.807, 2.05) is 6.07 Å². The van der Waals surface area contributed by atoms with E-state index in [1.54, 1.807) is 6.07 Å². The molecule has 0 aromatic heterocycles. The molecule has 0 bridgehead atoms. The molecule has 0 spiro atoms. The minimum atomic E-state index is -0.355. The molecule has 1 aromatic carbocycles. The predicted molar refractivity (Wildman–Crippen MR) is 87.3 cm³/mol. The Hall–Kier alpha value is -0.640. The summed E-state index contributed by atoms with van der Waals surface area (Å²) in [7, 11) is 0. The van der Waals surface area contributed by atoms with E-state index in [-0.39, 0.29) is 22.4 Å². The molecule has 1 aliphatic rings. The minimum Gasteiger partial charge on any atom is -0.307 e. The zero-order valence-electron chi connectivity index (χ0n) is 13.4. The van der Waals surface area contributed by atoms with E-state index in [1.165, 1.54) is 6.07 Å². The molecule has 1 fully saturated rings. The number of likely N-dealkylation sites (tertiary alicyclic amines) is 1. The maximum atomic E-state index is 13.2. The van der Waals surface area contributed by atoms with Crippen molar-refractivity contribution in [1.29, 1.82) is 0 Å². The summed E-state index contributed by atoms with van der Waals surface area (Å²) in [4.78, 5) is 2.53. The summed E-state index contributed by atoms with van der Waals surface area (Å²) in [6.45, 7) is 11.2. The van der Waals surface area contributed by atoms with Crippen LogP contribution in [0.25, 0.3) is 0 Å². The Labute approximate surface area is 132 Å². The number of nitrogens with one attached hydrogen (secondary N) is 1. The highest BCUT2D eigenvalue weighted by Crippen LogP contribution is 2.24. The summed E-state index contributed by atoms with van der Waals surface area (Å²) in [6, 6.07) is 5.68. The van der Waals surface area contributed by atoms with Crippen LogP contribution < -0.4 is 5.32 Å². The molecule has 0 amide bonds. The molecule has 4 heteroatoms. The molecule has 118 valence electrons. The number of hydrogen-bond donors (Lipinski definition) is 1. The quantitative estimate of drug-likeness (QED) is 0.890. The molecule has 21 heavy (non-hydrogen) atoms. The van der Waals surface area contributed by atoms with Crippen LogP contribution in [-0.4, -0.2) is 29.6 Å². The van der Waals surface area contributed by atoms with E-state index >= 15 is 0 Å². The highest BCUT2D eigenvalue weighted by molar-refractivity contribution is 6.30. The fourth-order valence-electron chi connectivity index (χ4n) is 2.95. The van der Waals surface area contributed by atoms with Gasteiger partial charge in [0.1, 0.15) is 5.82 Å². The Morgan fingerprint density at radius 1 is 1.29 bits per heavy atom. The Kier molecular flexibility index (Phi) is 5.29. The first-order valence-electron chi connectivity index (χ1n) is 7.73. The lowest BCUT2D eigenvalue weighted by Crippen LogP contribution is -2.50. The molecule has 2 rings (SSSR count). The maximum absolute atomic E-state index is 13.2. The SMILES string of the molecule is CC(NC1CCN(C(C)(C)C)CC1)c1ccc(F)c(Cl)c1. The average Bonchev–Trinajstić information content (AvgIpc) is 2.41. The minimum absolute atomic E-state index is 0.189. The molecule has 1 aromatic rings. The zero-order valence-corrected chi connectivity index (χ0v) is 14.2. The lowest BCUT2D eigenvalue weighted by molar-refractivity contribution is 0.0942. The Morgan fingerprint density at radius 3 is 2.43 bits per heavy atom. The standard InChI is InChI=1S/C17H26ClFN2/c1-12(13-5-6-16(19)15(18)11-13)20-14-7-9-21(10-8-14)17(2,3)4/h5-6,11-12,14,20H,7-10H2,1-4H3. The van der Waals surface area contributed by atoms with Crippen molar-refractivity contribution in [3.63, 3.8) is 0 Å². The molecule has 1 heterocycles. The van der Waals surface area contributed by atoms with Crippen LogP contribution in [0.1, 0.15) is 52.1 Å². The molecule has 0 radical (unpaired) electrons. The number of hydrogen-bond acceptors (Lipinski definition) is 2. The van der Waals surface area contributed by atoms with Crippen molar-refractivity contribution in [3.8, 4) is 0 Å². The summed E-state index contributed by atoms with van der Waals surface area (Å²) in [5.41, 5.74) is 1.29.